The Labute approximate surface area is 426 Å². The second-order valence-corrected chi connectivity index (χ2v) is 18.2. The standard InChI is InChI=1S/C51H62N12O11/c1-4-19-61-47(67)37-32-54-50(58-45(37)63(61)41-10-6-9-40(56-41)51(2,3)70)55-34-11-13-35(14-12-34)60-22-20-59(21-23-60)33-43(65)53-18-25-72-27-29-74-31-30-73-28-26-71-24-17-52-38-8-5-7-36-44(38)49(69)62(48(36)68)39-15-16-42(64)57-46(39)66/h4-14,32,39,52,70H,1,15-31,33H2,2-3H3,(H,53,65)(H,54,55,58)(H,57,64,66). The zero-order chi connectivity index (χ0) is 52.2. The number of anilines is 4. The van der Waals surface area contributed by atoms with Gasteiger partial charge >= 0.3 is 0 Å². The van der Waals surface area contributed by atoms with Crippen LogP contribution in [-0.4, -0.2) is 173 Å². The Morgan fingerprint density at radius 3 is 2.19 bits per heavy atom. The third-order valence-corrected chi connectivity index (χ3v) is 12.5. The summed E-state index contributed by atoms with van der Waals surface area (Å²) >= 11 is 0. The molecule has 2 saturated heterocycles. The molecule has 5 N–H and O–H groups in total. The number of piperidine rings is 1. The van der Waals surface area contributed by atoms with Gasteiger partial charge in [0.15, 0.2) is 11.5 Å². The number of pyridine rings is 1. The van der Waals surface area contributed by atoms with E-state index in [1.54, 1.807) is 61.0 Å². The summed E-state index contributed by atoms with van der Waals surface area (Å²) in [5, 5.41) is 22.4. The number of ether oxygens (including phenoxy) is 4. The van der Waals surface area contributed by atoms with Gasteiger partial charge in [-0.2, -0.15) is 4.98 Å². The summed E-state index contributed by atoms with van der Waals surface area (Å²) in [4.78, 5) is 95.4. The van der Waals surface area contributed by atoms with Crippen molar-refractivity contribution in [2.75, 3.05) is 114 Å². The number of nitrogens with one attached hydrogen (secondary N) is 4. The molecule has 2 aromatic carbocycles. The quantitative estimate of drug-likeness (QED) is 0.0301. The Morgan fingerprint density at radius 1 is 0.838 bits per heavy atom. The molecule has 23 nitrogen and oxygen atoms in total. The van der Waals surface area contributed by atoms with Crippen LogP contribution in [0.3, 0.4) is 0 Å². The van der Waals surface area contributed by atoms with Crippen LogP contribution in [0.4, 0.5) is 23.0 Å². The summed E-state index contributed by atoms with van der Waals surface area (Å²) in [6.07, 6.45) is 3.26. The van der Waals surface area contributed by atoms with Crippen LogP contribution < -0.4 is 31.7 Å². The Morgan fingerprint density at radius 2 is 1.51 bits per heavy atom. The maximum absolute atomic E-state index is 13.4. The number of allylic oxidation sites excluding steroid dienone is 1. The number of piperazine rings is 1. The molecule has 0 aliphatic carbocycles. The minimum absolute atomic E-state index is 0.0525. The van der Waals surface area contributed by atoms with Gasteiger partial charge in [0, 0.05) is 68.9 Å². The molecule has 3 aromatic heterocycles. The second kappa shape index (κ2) is 24.5. The molecule has 1 unspecified atom stereocenters. The van der Waals surface area contributed by atoms with E-state index in [1.165, 1.54) is 10.9 Å². The van der Waals surface area contributed by atoms with Crippen molar-refractivity contribution in [3.8, 4) is 5.82 Å². The minimum Gasteiger partial charge on any atom is -0.384 e. The third kappa shape index (κ3) is 12.8. The van der Waals surface area contributed by atoms with E-state index in [0.29, 0.717) is 107 Å². The third-order valence-electron chi connectivity index (χ3n) is 12.5. The van der Waals surface area contributed by atoms with Gasteiger partial charge < -0.3 is 44.9 Å². The van der Waals surface area contributed by atoms with Crippen LogP contribution in [0, 0.1) is 0 Å². The van der Waals surface area contributed by atoms with E-state index in [-0.39, 0.29) is 42.0 Å². The minimum atomic E-state index is -1.19. The second-order valence-electron chi connectivity index (χ2n) is 18.2. The molecule has 0 radical (unpaired) electrons. The number of hydrogen-bond donors (Lipinski definition) is 5. The van der Waals surface area contributed by atoms with Crippen molar-refractivity contribution in [2.24, 2.45) is 0 Å². The summed E-state index contributed by atoms with van der Waals surface area (Å²) in [5.41, 5.74) is 1.99. The summed E-state index contributed by atoms with van der Waals surface area (Å²) in [6, 6.07) is 17.0. The lowest BCUT2D eigenvalue weighted by atomic mass is 10.0. The Kier molecular flexibility index (Phi) is 17.5. The molecule has 1 atom stereocenters. The van der Waals surface area contributed by atoms with Crippen LogP contribution in [0.2, 0.25) is 0 Å². The molecule has 392 valence electrons. The smallest absolute Gasteiger partial charge is 0.278 e. The molecule has 23 heteroatoms. The number of carbonyl (C=O) groups excluding carboxylic acids is 5. The summed E-state index contributed by atoms with van der Waals surface area (Å²) in [6.45, 7) is 14.2. The van der Waals surface area contributed by atoms with Gasteiger partial charge in [0.05, 0.1) is 82.8 Å². The monoisotopic (exact) mass is 1020 g/mol. The highest BCUT2D eigenvalue weighted by molar-refractivity contribution is 6.25. The van der Waals surface area contributed by atoms with Crippen molar-refractivity contribution in [1.29, 1.82) is 0 Å². The van der Waals surface area contributed by atoms with Crippen LogP contribution in [-0.2, 0) is 45.5 Å². The largest absolute Gasteiger partial charge is 0.384 e. The van der Waals surface area contributed by atoms with Gasteiger partial charge in [-0.15, -0.1) is 6.58 Å². The number of imide groups is 2. The maximum Gasteiger partial charge on any atom is 0.278 e. The first-order valence-corrected chi connectivity index (χ1v) is 24.6. The van der Waals surface area contributed by atoms with Gasteiger partial charge in [0.25, 0.3) is 17.4 Å². The number of fused-ring (bicyclic) bond motifs is 2. The molecule has 74 heavy (non-hydrogen) atoms. The van der Waals surface area contributed by atoms with E-state index >= 15 is 0 Å². The van der Waals surface area contributed by atoms with Crippen LogP contribution in [0.5, 0.6) is 0 Å². The molecule has 3 aliphatic rings. The average molecular weight is 1020 g/mol. The lowest BCUT2D eigenvalue weighted by Crippen LogP contribution is -2.54. The number of rotatable bonds is 26. The van der Waals surface area contributed by atoms with Crippen molar-refractivity contribution >= 4 is 63.6 Å². The lowest BCUT2D eigenvalue weighted by Gasteiger charge is -2.35. The Hall–Kier alpha value is -7.41. The van der Waals surface area contributed by atoms with Gasteiger partial charge in [-0.3, -0.25) is 43.9 Å². The molecule has 0 spiro atoms. The fraction of sp³-hybridized carbons (Fsp3) is 0.431. The fourth-order valence-corrected chi connectivity index (χ4v) is 8.74. The molecule has 5 amide bonds. The van der Waals surface area contributed by atoms with Crippen molar-refractivity contribution < 1.29 is 48.0 Å². The van der Waals surface area contributed by atoms with Gasteiger partial charge in [-0.05, 0) is 68.8 Å². The molecule has 8 rings (SSSR count). The van der Waals surface area contributed by atoms with Crippen LogP contribution in [0.1, 0.15) is 53.1 Å². The van der Waals surface area contributed by atoms with E-state index in [2.05, 4.69) is 47.6 Å². The zero-order valence-electron chi connectivity index (χ0n) is 41.5. The van der Waals surface area contributed by atoms with E-state index in [4.69, 9.17) is 23.9 Å². The molecule has 2 fully saturated rings. The lowest BCUT2D eigenvalue weighted by molar-refractivity contribution is -0.136. The van der Waals surface area contributed by atoms with Gasteiger partial charge in [0.1, 0.15) is 17.0 Å². The molecular formula is C51H62N12O11. The van der Waals surface area contributed by atoms with Gasteiger partial charge in [0.2, 0.25) is 23.7 Å². The SMILES string of the molecule is C=CCn1c(=O)c2cnc(Nc3ccc(N4CCN(CC(=O)NCCOCCOCCOCCOCCNc5cccc6c5C(=O)N(C5CCC(=O)NC5=O)C6=O)CC4)cc3)nc2n1-c1cccc(C(C)(C)O)n1. The fourth-order valence-electron chi connectivity index (χ4n) is 8.74. The summed E-state index contributed by atoms with van der Waals surface area (Å²) < 4.78 is 25.5. The van der Waals surface area contributed by atoms with Crippen molar-refractivity contribution in [3.63, 3.8) is 0 Å². The molecule has 0 bridgehead atoms. The van der Waals surface area contributed by atoms with Crippen LogP contribution in [0.15, 0.2) is 84.3 Å². The number of aliphatic hydroxyl groups is 1. The van der Waals surface area contributed by atoms with E-state index in [9.17, 15) is 33.9 Å². The maximum atomic E-state index is 13.4. The average Bonchev–Trinajstić information content (AvgIpc) is 3.81. The summed E-state index contributed by atoms with van der Waals surface area (Å²) in [5.74, 6) is -1.56. The normalized spacial score (nSPS) is 16.2. The van der Waals surface area contributed by atoms with Crippen LogP contribution >= 0.6 is 0 Å². The number of carbonyl (C=O) groups is 5. The highest BCUT2D eigenvalue weighted by Gasteiger charge is 2.45. The molecular weight excluding hydrogens is 957 g/mol. The van der Waals surface area contributed by atoms with Crippen LogP contribution in [0.25, 0.3) is 16.9 Å². The molecule has 0 saturated carbocycles. The highest BCUT2D eigenvalue weighted by atomic mass is 16.6. The van der Waals surface area contributed by atoms with Gasteiger partial charge in [-0.25, -0.2) is 19.3 Å². The zero-order valence-corrected chi connectivity index (χ0v) is 41.5. The predicted molar refractivity (Wildman–Crippen MR) is 273 cm³/mol. The Balaban J connectivity index is 0.649. The first-order valence-electron chi connectivity index (χ1n) is 24.6. The van der Waals surface area contributed by atoms with Gasteiger partial charge in [-0.1, -0.05) is 18.2 Å². The van der Waals surface area contributed by atoms with Crippen molar-refractivity contribution in [3.05, 3.63) is 107 Å². The highest BCUT2D eigenvalue weighted by Crippen LogP contribution is 2.32. The summed E-state index contributed by atoms with van der Waals surface area (Å²) in [7, 11) is 0. The molecule has 5 aromatic rings. The number of hydrogen-bond acceptors (Lipinski definition) is 18. The number of aromatic nitrogens is 5. The number of benzene rings is 2. The van der Waals surface area contributed by atoms with E-state index in [1.807, 2.05) is 24.3 Å². The van der Waals surface area contributed by atoms with Crippen molar-refractivity contribution in [2.45, 2.75) is 44.9 Å². The Bertz CT molecular complexity index is 2890. The molecule has 3 aliphatic heterocycles. The van der Waals surface area contributed by atoms with E-state index in [0.717, 1.165) is 42.5 Å². The van der Waals surface area contributed by atoms with Crippen molar-refractivity contribution in [1.82, 2.24) is 44.7 Å². The predicted octanol–water partition coefficient (Wildman–Crippen LogP) is 1.95. The topological polar surface area (TPSA) is 266 Å². The first kappa shape index (κ1) is 52.9. The molecule has 6 heterocycles. The van der Waals surface area contributed by atoms with E-state index < -0.39 is 35.3 Å². The number of nitrogens with zero attached hydrogens (tertiary/aromatic N) is 8. The first-order chi connectivity index (χ1) is 35.8. The number of amides is 5.